The Morgan fingerprint density at radius 3 is 2.47 bits per heavy atom. The van der Waals surface area contributed by atoms with Crippen LogP contribution in [-0.4, -0.2) is 11.3 Å². The van der Waals surface area contributed by atoms with Crippen molar-refractivity contribution in [3.8, 4) is 0 Å². The highest BCUT2D eigenvalue weighted by molar-refractivity contribution is 6.30. The summed E-state index contributed by atoms with van der Waals surface area (Å²) in [4.78, 5) is 11.4. The molecule has 2 atom stereocenters. The van der Waals surface area contributed by atoms with Gasteiger partial charge in [0, 0.05) is 0 Å². The number of hydrogen-bond acceptors (Lipinski definition) is 1. The summed E-state index contributed by atoms with van der Waals surface area (Å²) >= 11 is 5.69. The molecular weight excluding hydrogens is 210 g/mol. The molecule has 0 fully saturated rings. The van der Waals surface area contributed by atoms with E-state index < -0.39 is 5.38 Å². The third-order valence-electron chi connectivity index (χ3n) is 2.38. The number of alkyl halides is 1. The van der Waals surface area contributed by atoms with Crippen molar-refractivity contribution in [2.45, 2.75) is 32.2 Å². The molecule has 3 heteroatoms. The van der Waals surface area contributed by atoms with Crippen molar-refractivity contribution in [3.63, 3.8) is 0 Å². The van der Waals surface area contributed by atoms with E-state index in [0.717, 1.165) is 5.56 Å². The van der Waals surface area contributed by atoms with Crippen LogP contribution in [0.3, 0.4) is 0 Å². The lowest BCUT2D eigenvalue weighted by Gasteiger charge is -2.17. The molecule has 1 N–H and O–H groups in total. The largest absolute Gasteiger partial charge is 0.348 e. The summed E-state index contributed by atoms with van der Waals surface area (Å²) in [5.74, 6) is -0.132. The summed E-state index contributed by atoms with van der Waals surface area (Å²) in [6.45, 7) is 5.66. The van der Waals surface area contributed by atoms with E-state index >= 15 is 0 Å². The number of nitrogens with one attached hydrogen (secondary N) is 1. The van der Waals surface area contributed by atoms with Gasteiger partial charge in [-0.05, 0) is 31.9 Å². The third kappa shape index (κ3) is 3.24. The van der Waals surface area contributed by atoms with Crippen LogP contribution in [0, 0.1) is 6.92 Å². The molecule has 1 aromatic rings. The van der Waals surface area contributed by atoms with E-state index in [0.29, 0.717) is 0 Å². The van der Waals surface area contributed by atoms with Crippen molar-refractivity contribution in [3.05, 3.63) is 35.4 Å². The van der Waals surface area contributed by atoms with Gasteiger partial charge < -0.3 is 5.32 Å². The van der Waals surface area contributed by atoms with E-state index in [4.69, 9.17) is 11.6 Å². The monoisotopic (exact) mass is 225 g/mol. The van der Waals surface area contributed by atoms with Gasteiger partial charge in [-0.25, -0.2) is 0 Å². The maximum Gasteiger partial charge on any atom is 0.238 e. The molecule has 0 unspecified atom stereocenters. The molecule has 0 aliphatic heterocycles. The van der Waals surface area contributed by atoms with Crippen LogP contribution >= 0.6 is 11.6 Å². The summed E-state index contributed by atoms with van der Waals surface area (Å²) in [5, 5.41) is 2.38. The van der Waals surface area contributed by atoms with Gasteiger partial charge in [0.15, 0.2) is 0 Å². The minimum absolute atomic E-state index is 0.0000926. The number of rotatable bonds is 3. The molecule has 0 bridgehead atoms. The lowest BCUT2D eigenvalue weighted by atomic mass is 10.0. The van der Waals surface area contributed by atoms with Crippen LogP contribution in [0.25, 0.3) is 0 Å². The molecule has 82 valence electrons. The number of carbonyl (C=O) groups excluding carboxylic acids is 1. The van der Waals surface area contributed by atoms with Crippen LogP contribution in [0.4, 0.5) is 0 Å². The average molecular weight is 226 g/mol. The number of benzene rings is 1. The van der Waals surface area contributed by atoms with Crippen LogP contribution in [0.1, 0.15) is 31.0 Å². The first-order valence-electron chi connectivity index (χ1n) is 5.02. The van der Waals surface area contributed by atoms with Crippen LogP contribution < -0.4 is 5.32 Å². The summed E-state index contributed by atoms with van der Waals surface area (Å²) in [6, 6.07) is 7.99. The Kier molecular flexibility index (Phi) is 4.15. The zero-order valence-electron chi connectivity index (χ0n) is 9.25. The summed E-state index contributed by atoms with van der Waals surface area (Å²) in [5.41, 5.74) is 2.30. The Hall–Kier alpha value is -1.02. The van der Waals surface area contributed by atoms with Crippen molar-refractivity contribution in [2.75, 3.05) is 0 Å². The normalized spacial score (nSPS) is 14.4. The van der Waals surface area contributed by atoms with Crippen molar-refractivity contribution >= 4 is 17.5 Å². The first-order valence-corrected chi connectivity index (χ1v) is 5.46. The zero-order valence-corrected chi connectivity index (χ0v) is 10.0. The highest BCUT2D eigenvalue weighted by atomic mass is 35.5. The van der Waals surface area contributed by atoms with Crippen molar-refractivity contribution in [1.29, 1.82) is 0 Å². The topological polar surface area (TPSA) is 29.1 Å². The smallest absolute Gasteiger partial charge is 0.238 e. The molecule has 1 amide bonds. The molecular formula is C12H16ClNO. The number of aryl methyl sites for hydroxylation is 1. The molecule has 1 rings (SSSR count). The first kappa shape index (κ1) is 12.1. The Balaban J connectivity index is 2.73. The van der Waals surface area contributed by atoms with Gasteiger partial charge in [0.05, 0.1) is 6.04 Å². The highest BCUT2D eigenvalue weighted by Crippen LogP contribution is 2.16. The maximum absolute atomic E-state index is 11.4. The molecule has 0 saturated carbocycles. The number of carbonyl (C=O) groups is 1. The van der Waals surface area contributed by atoms with E-state index in [1.54, 1.807) is 6.92 Å². The molecule has 1 aromatic carbocycles. The average Bonchev–Trinajstić information content (AvgIpc) is 2.18. The van der Waals surface area contributed by atoms with Crippen LogP contribution in [0.2, 0.25) is 0 Å². The lowest BCUT2D eigenvalue weighted by molar-refractivity contribution is -0.121. The number of amides is 1. The van der Waals surface area contributed by atoms with Gasteiger partial charge in [0.2, 0.25) is 5.91 Å². The van der Waals surface area contributed by atoms with E-state index in [1.807, 2.05) is 38.1 Å². The second kappa shape index (κ2) is 5.17. The van der Waals surface area contributed by atoms with Crippen LogP contribution in [0.5, 0.6) is 0 Å². The van der Waals surface area contributed by atoms with E-state index in [9.17, 15) is 4.79 Å². The van der Waals surface area contributed by atoms with Gasteiger partial charge in [-0.15, -0.1) is 11.6 Å². The summed E-state index contributed by atoms with van der Waals surface area (Å²) in [6.07, 6.45) is 0. The molecule has 0 radical (unpaired) electrons. The number of hydrogen-bond donors (Lipinski definition) is 1. The first-order chi connectivity index (χ1) is 7.02. The quantitative estimate of drug-likeness (QED) is 0.788. The van der Waals surface area contributed by atoms with Gasteiger partial charge in [-0.2, -0.15) is 0 Å². The second-order valence-electron chi connectivity index (χ2n) is 3.70. The van der Waals surface area contributed by atoms with Crippen molar-refractivity contribution in [1.82, 2.24) is 5.32 Å². The van der Waals surface area contributed by atoms with Crippen LogP contribution in [0.15, 0.2) is 24.3 Å². The molecule has 0 saturated heterocycles. The minimum atomic E-state index is -0.489. The maximum atomic E-state index is 11.4. The van der Waals surface area contributed by atoms with Gasteiger partial charge >= 0.3 is 0 Å². The van der Waals surface area contributed by atoms with E-state index in [-0.39, 0.29) is 11.9 Å². The molecule has 0 aliphatic carbocycles. The van der Waals surface area contributed by atoms with Crippen molar-refractivity contribution in [2.24, 2.45) is 0 Å². The molecule has 2 nitrogen and oxygen atoms in total. The molecule has 0 aromatic heterocycles. The molecule has 0 heterocycles. The standard InChI is InChI=1S/C12H16ClNO/c1-8-6-4-5-7-11(8)10(3)14-12(15)9(2)13/h4-7,9-10H,1-3H3,(H,14,15)/t9-,10+/m0/s1. The summed E-state index contributed by atoms with van der Waals surface area (Å²) < 4.78 is 0. The van der Waals surface area contributed by atoms with E-state index in [1.165, 1.54) is 5.56 Å². The fourth-order valence-electron chi connectivity index (χ4n) is 1.48. The third-order valence-corrected chi connectivity index (χ3v) is 2.57. The minimum Gasteiger partial charge on any atom is -0.348 e. The van der Waals surface area contributed by atoms with Crippen molar-refractivity contribution < 1.29 is 4.79 Å². The van der Waals surface area contributed by atoms with Crippen LogP contribution in [-0.2, 0) is 4.79 Å². The lowest BCUT2D eigenvalue weighted by Crippen LogP contribution is -2.32. The molecule has 15 heavy (non-hydrogen) atoms. The highest BCUT2D eigenvalue weighted by Gasteiger charge is 2.14. The predicted octanol–water partition coefficient (Wildman–Crippen LogP) is 2.80. The number of halogens is 1. The SMILES string of the molecule is Cc1ccccc1[C@@H](C)NC(=O)[C@H](C)Cl. The van der Waals surface area contributed by atoms with Gasteiger partial charge in [0.1, 0.15) is 5.38 Å². The van der Waals surface area contributed by atoms with Gasteiger partial charge in [0.25, 0.3) is 0 Å². The summed E-state index contributed by atoms with van der Waals surface area (Å²) in [7, 11) is 0. The second-order valence-corrected chi connectivity index (χ2v) is 4.36. The fourth-order valence-corrected chi connectivity index (χ4v) is 1.54. The Morgan fingerprint density at radius 2 is 1.93 bits per heavy atom. The Morgan fingerprint density at radius 1 is 1.33 bits per heavy atom. The predicted molar refractivity (Wildman–Crippen MR) is 63.1 cm³/mol. The molecule has 0 aliphatic rings. The zero-order chi connectivity index (χ0) is 11.4. The molecule has 0 spiro atoms. The van der Waals surface area contributed by atoms with Gasteiger partial charge in [-0.1, -0.05) is 24.3 Å². The van der Waals surface area contributed by atoms with Gasteiger partial charge in [-0.3, -0.25) is 4.79 Å². The fraction of sp³-hybridized carbons (Fsp3) is 0.417. The Bertz CT molecular complexity index is 349. The Labute approximate surface area is 95.6 Å². The van der Waals surface area contributed by atoms with E-state index in [2.05, 4.69) is 5.32 Å².